The van der Waals surface area contributed by atoms with Crippen molar-refractivity contribution >= 4 is 17.9 Å². The highest BCUT2D eigenvalue weighted by atomic mass is 16.5. The van der Waals surface area contributed by atoms with Crippen LogP contribution in [0, 0.1) is 0 Å². The Morgan fingerprint density at radius 1 is 1.30 bits per heavy atom. The summed E-state index contributed by atoms with van der Waals surface area (Å²) in [4.78, 5) is 39.6. The SMILES string of the molecule is COC[C@@H](C(=O)N1CCOCC1)N1CC[C@H](NC(=O)OC)C1=O. The van der Waals surface area contributed by atoms with Crippen LogP contribution in [-0.4, -0.2) is 93.5 Å². The number of morpholine rings is 1. The van der Waals surface area contributed by atoms with E-state index in [9.17, 15) is 14.4 Å². The second-order valence-corrected chi connectivity index (χ2v) is 5.42. The lowest BCUT2D eigenvalue weighted by molar-refractivity contribution is -0.149. The maximum absolute atomic E-state index is 12.7. The molecule has 0 saturated carbocycles. The van der Waals surface area contributed by atoms with Crippen molar-refractivity contribution < 1.29 is 28.6 Å². The standard InChI is InChI=1S/C14H23N3O6/c1-21-9-11(13(19)16-5-7-23-8-6-16)17-4-3-10(12(17)18)15-14(20)22-2/h10-11H,3-9H2,1-2H3,(H,15,20)/t10-,11-/m0/s1. The van der Waals surface area contributed by atoms with Crippen LogP contribution in [0.1, 0.15) is 6.42 Å². The second-order valence-electron chi connectivity index (χ2n) is 5.42. The van der Waals surface area contributed by atoms with Crippen molar-refractivity contribution in [2.75, 3.05) is 53.7 Å². The normalized spacial score (nSPS) is 22.9. The lowest BCUT2D eigenvalue weighted by atomic mass is 10.2. The first-order valence-electron chi connectivity index (χ1n) is 7.59. The fraction of sp³-hybridized carbons (Fsp3) is 0.786. The molecule has 2 fully saturated rings. The Morgan fingerprint density at radius 2 is 2.00 bits per heavy atom. The lowest BCUT2D eigenvalue weighted by Crippen LogP contribution is -2.55. The summed E-state index contributed by atoms with van der Waals surface area (Å²) >= 11 is 0. The van der Waals surface area contributed by atoms with Gasteiger partial charge in [0, 0.05) is 26.7 Å². The first-order valence-corrected chi connectivity index (χ1v) is 7.59. The summed E-state index contributed by atoms with van der Waals surface area (Å²) < 4.78 is 14.9. The van der Waals surface area contributed by atoms with E-state index in [0.717, 1.165) is 0 Å². The molecule has 130 valence electrons. The van der Waals surface area contributed by atoms with Crippen LogP contribution in [0.4, 0.5) is 4.79 Å². The van der Waals surface area contributed by atoms with E-state index >= 15 is 0 Å². The van der Waals surface area contributed by atoms with Gasteiger partial charge < -0.3 is 29.3 Å². The third-order valence-electron chi connectivity index (χ3n) is 4.03. The second kappa shape index (κ2) is 8.11. The van der Waals surface area contributed by atoms with Gasteiger partial charge in [0.1, 0.15) is 12.1 Å². The minimum absolute atomic E-state index is 0.118. The van der Waals surface area contributed by atoms with Crippen LogP contribution >= 0.6 is 0 Å². The van der Waals surface area contributed by atoms with Gasteiger partial charge in [0.2, 0.25) is 11.8 Å². The van der Waals surface area contributed by atoms with Crippen molar-refractivity contribution in [3.05, 3.63) is 0 Å². The molecule has 9 heteroatoms. The van der Waals surface area contributed by atoms with Gasteiger partial charge in [-0.15, -0.1) is 0 Å². The highest BCUT2D eigenvalue weighted by Gasteiger charge is 2.41. The lowest BCUT2D eigenvalue weighted by Gasteiger charge is -2.34. The molecule has 2 atom stereocenters. The van der Waals surface area contributed by atoms with E-state index in [4.69, 9.17) is 9.47 Å². The van der Waals surface area contributed by atoms with Gasteiger partial charge in [0.25, 0.3) is 0 Å². The predicted molar refractivity (Wildman–Crippen MR) is 78.7 cm³/mol. The van der Waals surface area contributed by atoms with Crippen LogP contribution in [0.2, 0.25) is 0 Å². The average molecular weight is 329 g/mol. The average Bonchev–Trinajstić information content (AvgIpc) is 2.93. The largest absolute Gasteiger partial charge is 0.453 e. The maximum Gasteiger partial charge on any atom is 0.407 e. The van der Waals surface area contributed by atoms with Crippen molar-refractivity contribution in [3.8, 4) is 0 Å². The van der Waals surface area contributed by atoms with E-state index in [2.05, 4.69) is 10.1 Å². The summed E-state index contributed by atoms with van der Waals surface area (Å²) in [6, 6.07) is -1.35. The number of hydrogen-bond donors (Lipinski definition) is 1. The van der Waals surface area contributed by atoms with Crippen LogP contribution in [0.25, 0.3) is 0 Å². The zero-order valence-corrected chi connectivity index (χ0v) is 13.4. The smallest absolute Gasteiger partial charge is 0.407 e. The Labute approximate surface area is 134 Å². The molecule has 9 nitrogen and oxygen atoms in total. The van der Waals surface area contributed by atoms with E-state index in [1.54, 1.807) is 4.90 Å². The van der Waals surface area contributed by atoms with Crippen LogP contribution < -0.4 is 5.32 Å². The number of nitrogens with zero attached hydrogens (tertiary/aromatic N) is 2. The fourth-order valence-electron chi connectivity index (χ4n) is 2.79. The van der Waals surface area contributed by atoms with Gasteiger partial charge in [-0.05, 0) is 6.42 Å². The number of methoxy groups -OCH3 is 2. The molecule has 2 heterocycles. The number of rotatable bonds is 5. The maximum atomic E-state index is 12.7. The predicted octanol–water partition coefficient (Wildman–Crippen LogP) is -1.18. The molecule has 23 heavy (non-hydrogen) atoms. The number of carbonyl (C=O) groups is 3. The van der Waals surface area contributed by atoms with E-state index in [1.165, 1.54) is 19.1 Å². The molecule has 0 aromatic heterocycles. The van der Waals surface area contributed by atoms with Crippen LogP contribution in [-0.2, 0) is 23.8 Å². The number of ether oxygens (including phenoxy) is 3. The van der Waals surface area contributed by atoms with Gasteiger partial charge in [-0.3, -0.25) is 9.59 Å². The van der Waals surface area contributed by atoms with Gasteiger partial charge in [-0.2, -0.15) is 0 Å². The minimum Gasteiger partial charge on any atom is -0.453 e. The Kier molecular flexibility index (Phi) is 6.17. The molecular weight excluding hydrogens is 306 g/mol. The number of hydrogen-bond acceptors (Lipinski definition) is 6. The van der Waals surface area contributed by atoms with Crippen molar-refractivity contribution in [2.45, 2.75) is 18.5 Å². The van der Waals surface area contributed by atoms with Crippen LogP contribution in [0.3, 0.4) is 0 Å². The summed E-state index contributed by atoms with van der Waals surface area (Å²) in [5.41, 5.74) is 0. The summed E-state index contributed by atoms with van der Waals surface area (Å²) in [6.45, 7) is 2.50. The summed E-state index contributed by atoms with van der Waals surface area (Å²) in [5.74, 6) is -0.443. The molecule has 2 rings (SSSR count). The molecule has 0 radical (unpaired) electrons. The van der Waals surface area contributed by atoms with Crippen molar-refractivity contribution in [1.29, 1.82) is 0 Å². The Bertz CT molecular complexity index is 452. The summed E-state index contributed by atoms with van der Waals surface area (Å²) in [5, 5.41) is 2.49. The van der Waals surface area contributed by atoms with Crippen molar-refractivity contribution in [3.63, 3.8) is 0 Å². The molecule has 2 aliphatic heterocycles. The van der Waals surface area contributed by atoms with Gasteiger partial charge in [0.05, 0.1) is 26.9 Å². The molecule has 0 aromatic carbocycles. The third-order valence-corrected chi connectivity index (χ3v) is 4.03. The highest BCUT2D eigenvalue weighted by Crippen LogP contribution is 2.17. The first kappa shape index (κ1) is 17.5. The number of carbonyl (C=O) groups excluding carboxylic acids is 3. The van der Waals surface area contributed by atoms with Crippen molar-refractivity contribution in [1.82, 2.24) is 15.1 Å². The quantitative estimate of drug-likeness (QED) is 0.682. The molecule has 3 amide bonds. The van der Waals surface area contributed by atoms with E-state index in [-0.39, 0.29) is 18.4 Å². The first-order chi connectivity index (χ1) is 11.1. The molecular formula is C14H23N3O6. The highest BCUT2D eigenvalue weighted by molar-refractivity contribution is 5.92. The minimum atomic E-state index is -0.685. The third kappa shape index (κ3) is 4.11. The Balaban J connectivity index is 2.04. The molecule has 0 spiro atoms. The molecule has 0 aromatic rings. The Morgan fingerprint density at radius 3 is 2.61 bits per heavy atom. The zero-order valence-electron chi connectivity index (χ0n) is 13.4. The number of likely N-dealkylation sites (tertiary alicyclic amines) is 1. The van der Waals surface area contributed by atoms with E-state index in [0.29, 0.717) is 39.3 Å². The molecule has 2 saturated heterocycles. The van der Waals surface area contributed by atoms with Gasteiger partial charge in [-0.25, -0.2) is 4.79 Å². The molecule has 0 unspecified atom stereocenters. The van der Waals surface area contributed by atoms with E-state index < -0.39 is 18.2 Å². The topological polar surface area (TPSA) is 97.4 Å². The summed E-state index contributed by atoms with van der Waals surface area (Å²) in [6.07, 6.45) is -0.224. The molecule has 0 bridgehead atoms. The fourth-order valence-corrected chi connectivity index (χ4v) is 2.79. The number of amides is 3. The molecule has 0 aliphatic carbocycles. The van der Waals surface area contributed by atoms with Gasteiger partial charge in [-0.1, -0.05) is 0 Å². The van der Waals surface area contributed by atoms with Crippen molar-refractivity contribution in [2.24, 2.45) is 0 Å². The monoisotopic (exact) mass is 329 g/mol. The summed E-state index contributed by atoms with van der Waals surface area (Å²) in [7, 11) is 2.73. The van der Waals surface area contributed by atoms with Crippen LogP contribution in [0.15, 0.2) is 0 Å². The molecule has 1 N–H and O–H groups in total. The molecule has 2 aliphatic rings. The van der Waals surface area contributed by atoms with Crippen LogP contribution in [0.5, 0.6) is 0 Å². The number of alkyl carbamates (subject to hydrolysis) is 1. The van der Waals surface area contributed by atoms with E-state index in [1.807, 2.05) is 0 Å². The van der Waals surface area contributed by atoms with Gasteiger partial charge in [0.15, 0.2) is 0 Å². The Hall–Kier alpha value is -1.87. The van der Waals surface area contributed by atoms with Gasteiger partial charge >= 0.3 is 6.09 Å². The number of nitrogens with one attached hydrogen (secondary N) is 1. The zero-order chi connectivity index (χ0) is 16.8.